The predicted molar refractivity (Wildman–Crippen MR) is 58.0 cm³/mol. The Morgan fingerprint density at radius 3 is 2.88 bits per heavy atom. The van der Waals surface area contributed by atoms with Gasteiger partial charge in [-0.2, -0.15) is 0 Å². The molecule has 1 saturated carbocycles. The van der Waals surface area contributed by atoms with Crippen molar-refractivity contribution < 1.29 is 8.78 Å². The highest BCUT2D eigenvalue weighted by atomic mass is 19.3. The fraction of sp³-hybridized carbons (Fsp3) is 0.583. The second-order valence-electron chi connectivity index (χ2n) is 4.58. The molecule has 16 heavy (non-hydrogen) atoms. The maximum absolute atomic E-state index is 13.2. The van der Waals surface area contributed by atoms with Gasteiger partial charge < -0.3 is 4.98 Å². The molecule has 1 aromatic rings. The van der Waals surface area contributed by atoms with E-state index in [9.17, 15) is 13.6 Å². The molecule has 0 aromatic carbocycles. The molecule has 1 fully saturated rings. The standard InChI is InChI=1S/C12H15F2NO/c1-8-7-15-10(5-11(8)16)9-3-2-4-12(13,14)6-9/h5,7,9H,2-4,6H2,1H3,(H,15,16)/t9-/m0/s1. The number of hydrogen-bond donors (Lipinski definition) is 1. The zero-order valence-corrected chi connectivity index (χ0v) is 9.22. The van der Waals surface area contributed by atoms with E-state index in [2.05, 4.69) is 4.98 Å². The van der Waals surface area contributed by atoms with Gasteiger partial charge in [0.05, 0.1) is 0 Å². The molecule has 0 bridgehead atoms. The Morgan fingerprint density at radius 2 is 2.25 bits per heavy atom. The average molecular weight is 227 g/mol. The molecule has 0 aliphatic heterocycles. The van der Waals surface area contributed by atoms with Crippen molar-refractivity contribution >= 4 is 0 Å². The highest BCUT2D eigenvalue weighted by molar-refractivity contribution is 5.17. The lowest BCUT2D eigenvalue weighted by Crippen LogP contribution is -2.26. The Bertz CT molecular complexity index is 439. The third-order valence-corrected chi connectivity index (χ3v) is 3.21. The summed E-state index contributed by atoms with van der Waals surface area (Å²) in [6, 6.07) is 1.46. The van der Waals surface area contributed by atoms with Crippen LogP contribution in [-0.4, -0.2) is 10.9 Å². The fourth-order valence-corrected chi connectivity index (χ4v) is 2.23. The van der Waals surface area contributed by atoms with E-state index in [1.165, 1.54) is 6.07 Å². The smallest absolute Gasteiger partial charge is 0.248 e. The lowest BCUT2D eigenvalue weighted by molar-refractivity contribution is -0.0412. The molecule has 0 saturated heterocycles. The van der Waals surface area contributed by atoms with Crippen LogP contribution in [0.3, 0.4) is 0 Å². The van der Waals surface area contributed by atoms with E-state index >= 15 is 0 Å². The van der Waals surface area contributed by atoms with Gasteiger partial charge in [-0.05, 0) is 19.8 Å². The van der Waals surface area contributed by atoms with E-state index in [0.29, 0.717) is 17.7 Å². The SMILES string of the molecule is Cc1c[nH]c([C@H]2CCCC(F)(F)C2)cc1=O. The largest absolute Gasteiger partial charge is 0.364 e. The summed E-state index contributed by atoms with van der Waals surface area (Å²) in [4.78, 5) is 14.4. The Balaban J connectivity index is 2.24. The van der Waals surface area contributed by atoms with Crippen molar-refractivity contribution in [2.45, 2.75) is 44.4 Å². The monoisotopic (exact) mass is 227 g/mol. The summed E-state index contributed by atoms with van der Waals surface area (Å²) in [6.07, 6.45) is 2.68. The lowest BCUT2D eigenvalue weighted by Gasteiger charge is -2.28. The highest BCUT2D eigenvalue weighted by Crippen LogP contribution is 2.40. The maximum Gasteiger partial charge on any atom is 0.248 e. The predicted octanol–water partition coefficient (Wildman–Crippen LogP) is 2.98. The van der Waals surface area contributed by atoms with E-state index in [-0.39, 0.29) is 24.2 Å². The number of rotatable bonds is 1. The zero-order valence-electron chi connectivity index (χ0n) is 9.22. The Kier molecular flexibility index (Phi) is 2.82. The molecule has 1 heterocycles. The van der Waals surface area contributed by atoms with Gasteiger partial charge in [0.25, 0.3) is 0 Å². The number of aromatic amines is 1. The molecule has 1 aliphatic rings. The molecule has 88 valence electrons. The first-order valence-electron chi connectivity index (χ1n) is 5.55. The average Bonchev–Trinajstić information content (AvgIpc) is 2.20. The molecule has 0 unspecified atom stereocenters. The van der Waals surface area contributed by atoms with Gasteiger partial charge in [-0.1, -0.05) is 0 Å². The number of aromatic nitrogens is 1. The first-order chi connectivity index (χ1) is 7.48. The molecular formula is C12H15F2NO. The highest BCUT2D eigenvalue weighted by Gasteiger charge is 2.37. The summed E-state index contributed by atoms with van der Waals surface area (Å²) in [7, 11) is 0. The van der Waals surface area contributed by atoms with Crippen LogP contribution in [0, 0.1) is 6.92 Å². The third kappa shape index (κ3) is 2.31. The Hall–Kier alpha value is -1.19. The van der Waals surface area contributed by atoms with E-state index in [1.54, 1.807) is 13.1 Å². The molecule has 0 radical (unpaired) electrons. The second-order valence-corrected chi connectivity index (χ2v) is 4.58. The number of pyridine rings is 1. The summed E-state index contributed by atoms with van der Waals surface area (Å²) in [5.74, 6) is -2.79. The van der Waals surface area contributed by atoms with Crippen molar-refractivity contribution in [1.82, 2.24) is 4.98 Å². The first-order valence-corrected chi connectivity index (χ1v) is 5.55. The van der Waals surface area contributed by atoms with E-state index in [4.69, 9.17) is 0 Å². The van der Waals surface area contributed by atoms with Gasteiger partial charge in [-0.3, -0.25) is 4.79 Å². The molecule has 0 amide bonds. The van der Waals surface area contributed by atoms with Crippen molar-refractivity contribution in [2.24, 2.45) is 0 Å². The molecule has 2 rings (SSSR count). The van der Waals surface area contributed by atoms with E-state index < -0.39 is 5.92 Å². The summed E-state index contributed by atoms with van der Waals surface area (Å²) in [5.41, 5.74) is 1.18. The van der Waals surface area contributed by atoms with Gasteiger partial charge >= 0.3 is 0 Å². The van der Waals surface area contributed by atoms with Gasteiger partial charge in [0.2, 0.25) is 5.92 Å². The Morgan fingerprint density at radius 1 is 1.50 bits per heavy atom. The molecule has 4 heteroatoms. The number of aryl methyl sites for hydroxylation is 1. The van der Waals surface area contributed by atoms with Crippen molar-refractivity contribution in [1.29, 1.82) is 0 Å². The van der Waals surface area contributed by atoms with Gasteiger partial charge in [-0.25, -0.2) is 8.78 Å². The van der Waals surface area contributed by atoms with Crippen LogP contribution in [0.5, 0.6) is 0 Å². The minimum absolute atomic E-state index is 0.0282. The third-order valence-electron chi connectivity index (χ3n) is 3.21. The normalized spacial score (nSPS) is 24.3. The van der Waals surface area contributed by atoms with Crippen LogP contribution >= 0.6 is 0 Å². The van der Waals surface area contributed by atoms with Crippen LogP contribution in [0.1, 0.15) is 42.9 Å². The summed E-state index contributed by atoms with van der Waals surface area (Å²) in [6.45, 7) is 1.71. The van der Waals surface area contributed by atoms with Gasteiger partial charge in [0.1, 0.15) is 0 Å². The summed E-state index contributed by atoms with van der Waals surface area (Å²) in [5, 5.41) is 0. The van der Waals surface area contributed by atoms with E-state index in [0.717, 1.165) is 6.42 Å². The molecule has 0 spiro atoms. The van der Waals surface area contributed by atoms with Crippen LogP contribution < -0.4 is 5.43 Å². The molecule has 2 nitrogen and oxygen atoms in total. The van der Waals surface area contributed by atoms with E-state index in [1.807, 2.05) is 0 Å². The topological polar surface area (TPSA) is 32.9 Å². The van der Waals surface area contributed by atoms with Gasteiger partial charge in [0.15, 0.2) is 5.43 Å². The number of H-pyrrole nitrogens is 1. The minimum atomic E-state index is -2.58. The van der Waals surface area contributed by atoms with Crippen molar-refractivity contribution in [3.63, 3.8) is 0 Å². The zero-order chi connectivity index (χ0) is 11.8. The second kappa shape index (κ2) is 4.00. The number of nitrogens with one attached hydrogen (secondary N) is 1. The van der Waals surface area contributed by atoms with Crippen molar-refractivity contribution in [3.05, 3.63) is 33.7 Å². The Labute approximate surface area is 92.7 Å². The van der Waals surface area contributed by atoms with Crippen LogP contribution in [0.15, 0.2) is 17.1 Å². The number of halogens is 2. The van der Waals surface area contributed by atoms with Crippen molar-refractivity contribution in [3.8, 4) is 0 Å². The summed E-state index contributed by atoms with van der Waals surface area (Å²) < 4.78 is 26.5. The van der Waals surface area contributed by atoms with Crippen molar-refractivity contribution in [2.75, 3.05) is 0 Å². The van der Waals surface area contributed by atoms with Crippen LogP contribution in [0.4, 0.5) is 8.78 Å². The molecule has 1 atom stereocenters. The summed E-state index contributed by atoms with van der Waals surface area (Å²) >= 11 is 0. The lowest BCUT2D eigenvalue weighted by atomic mass is 9.84. The fourth-order valence-electron chi connectivity index (χ4n) is 2.23. The first kappa shape index (κ1) is 11.3. The van der Waals surface area contributed by atoms with Crippen LogP contribution in [0.25, 0.3) is 0 Å². The number of alkyl halides is 2. The molecule has 1 N–H and O–H groups in total. The maximum atomic E-state index is 13.2. The van der Waals surface area contributed by atoms with Gasteiger partial charge in [0, 0.05) is 42.3 Å². The van der Waals surface area contributed by atoms with Gasteiger partial charge in [-0.15, -0.1) is 0 Å². The molecular weight excluding hydrogens is 212 g/mol. The number of hydrogen-bond acceptors (Lipinski definition) is 1. The molecule has 1 aliphatic carbocycles. The quantitative estimate of drug-likeness (QED) is 0.786. The van der Waals surface area contributed by atoms with Crippen LogP contribution in [0.2, 0.25) is 0 Å². The molecule has 1 aromatic heterocycles. The minimum Gasteiger partial charge on any atom is -0.364 e. The van der Waals surface area contributed by atoms with Crippen LogP contribution in [-0.2, 0) is 0 Å².